The number of carbonyl (C=O) groups is 1. The van der Waals surface area contributed by atoms with Crippen LogP contribution in [0.3, 0.4) is 0 Å². The second-order valence-corrected chi connectivity index (χ2v) is 8.50. The Labute approximate surface area is 177 Å². The maximum atomic E-state index is 12.9. The van der Waals surface area contributed by atoms with E-state index in [2.05, 4.69) is 5.32 Å². The van der Waals surface area contributed by atoms with Crippen LogP contribution in [-0.2, 0) is 9.84 Å². The zero-order chi connectivity index (χ0) is 21.9. The summed E-state index contributed by atoms with van der Waals surface area (Å²) in [5, 5.41) is 13.7. The molecule has 0 heterocycles. The lowest BCUT2D eigenvalue weighted by Crippen LogP contribution is -2.13. The van der Waals surface area contributed by atoms with Crippen molar-refractivity contribution in [2.45, 2.75) is 9.79 Å². The first kappa shape index (κ1) is 21.3. The average molecular weight is 447 g/mol. The van der Waals surface area contributed by atoms with E-state index >= 15 is 0 Å². The van der Waals surface area contributed by atoms with Gasteiger partial charge in [0.1, 0.15) is 5.75 Å². The third-order valence-electron chi connectivity index (χ3n) is 4.15. The summed E-state index contributed by atoms with van der Waals surface area (Å²) in [5.74, 6) is -0.336. The van der Waals surface area contributed by atoms with Crippen LogP contribution in [0.2, 0.25) is 5.02 Å². The van der Waals surface area contributed by atoms with Gasteiger partial charge < -0.3 is 10.1 Å². The molecule has 0 aliphatic rings. The Balaban J connectivity index is 1.93. The van der Waals surface area contributed by atoms with Crippen molar-refractivity contribution in [1.29, 1.82) is 0 Å². The highest BCUT2D eigenvalue weighted by molar-refractivity contribution is 7.91. The normalized spacial score (nSPS) is 11.0. The number of nitrogens with zero attached hydrogens (tertiary/aromatic N) is 1. The van der Waals surface area contributed by atoms with Gasteiger partial charge >= 0.3 is 0 Å². The molecule has 0 unspecified atom stereocenters. The number of nitro groups is 1. The Hall–Kier alpha value is -3.43. The van der Waals surface area contributed by atoms with Crippen molar-refractivity contribution >= 4 is 38.7 Å². The summed E-state index contributed by atoms with van der Waals surface area (Å²) in [6.45, 7) is 0. The second kappa shape index (κ2) is 8.52. The number of non-ortho nitro benzene ring substituents is 1. The molecule has 0 spiro atoms. The van der Waals surface area contributed by atoms with Gasteiger partial charge in [-0.25, -0.2) is 8.42 Å². The molecule has 3 aromatic carbocycles. The fourth-order valence-electron chi connectivity index (χ4n) is 2.60. The van der Waals surface area contributed by atoms with Crippen molar-refractivity contribution in [3.8, 4) is 5.75 Å². The minimum Gasteiger partial charge on any atom is -0.497 e. The van der Waals surface area contributed by atoms with Gasteiger partial charge in [0, 0.05) is 34.5 Å². The molecule has 0 fully saturated rings. The lowest BCUT2D eigenvalue weighted by atomic mass is 10.2. The molecular weight excluding hydrogens is 432 g/mol. The summed E-state index contributed by atoms with van der Waals surface area (Å²) in [7, 11) is -2.52. The number of methoxy groups -OCH3 is 1. The molecule has 0 atom stereocenters. The van der Waals surface area contributed by atoms with Crippen LogP contribution in [0.5, 0.6) is 5.75 Å². The first-order valence-corrected chi connectivity index (χ1v) is 10.3. The van der Waals surface area contributed by atoms with Crippen LogP contribution in [0, 0.1) is 10.1 Å². The Kier molecular flexibility index (Phi) is 6.04. The summed E-state index contributed by atoms with van der Waals surface area (Å²) >= 11 is 5.82. The number of halogens is 1. The summed E-state index contributed by atoms with van der Waals surface area (Å²) in [5.41, 5.74) is 0.208. The van der Waals surface area contributed by atoms with Crippen molar-refractivity contribution < 1.29 is 22.9 Å². The largest absolute Gasteiger partial charge is 0.497 e. The standard InChI is InChI=1S/C20H15ClN2O6S/c1-29-17-10-15(22-20(24)13-2-6-16(7-3-13)23(25)26)11-19(12-17)30(27,28)18-8-4-14(21)5-9-18/h2-12H,1H3,(H,22,24). The highest BCUT2D eigenvalue weighted by Gasteiger charge is 2.20. The van der Waals surface area contributed by atoms with E-state index in [1.165, 1.54) is 73.8 Å². The number of nitrogens with one attached hydrogen (secondary N) is 1. The number of nitro benzene ring substituents is 1. The molecule has 0 saturated carbocycles. The summed E-state index contributed by atoms with van der Waals surface area (Å²) in [6, 6.07) is 14.8. The zero-order valence-corrected chi connectivity index (χ0v) is 17.1. The number of anilines is 1. The fourth-order valence-corrected chi connectivity index (χ4v) is 4.05. The van der Waals surface area contributed by atoms with E-state index in [9.17, 15) is 23.3 Å². The lowest BCUT2D eigenvalue weighted by Gasteiger charge is -2.11. The van der Waals surface area contributed by atoms with Crippen molar-refractivity contribution in [2.24, 2.45) is 0 Å². The van der Waals surface area contributed by atoms with Gasteiger partial charge in [0.05, 0.1) is 21.8 Å². The van der Waals surface area contributed by atoms with Crippen molar-refractivity contribution in [1.82, 2.24) is 0 Å². The number of sulfone groups is 1. The molecule has 154 valence electrons. The van der Waals surface area contributed by atoms with Gasteiger partial charge in [-0.3, -0.25) is 14.9 Å². The zero-order valence-electron chi connectivity index (χ0n) is 15.5. The molecule has 8 nitrogen and oxygen atoms in total. The third-order valence-corrected chi connectivity index (χ3v) is 6.15. The number of carbonyl (C=O) groups excluding carboxylic acids is 1. The number of amides is 1. The predicted octanol–water partition coefficient (Wildman–Crippen LogP) is 4.34. The van der Waals surface area contributed by atoms with Crippen LogP contribution in [-0.4, -0.2) is 26.4 Å². The number of hydrogen-bond acceptors (Lipinski definition) is 6. The van der Waals surface area contributed by atoms with Crippen molar-refractivity contribution in [3.05, 3.63) is 87.4 Å². The number of rotatable bonds is 6. The summed E-state index contributed by atoms with van der Waals surface area (Å²) in [6.07, 6.45) is 0. The molecule has 0 aliphatic carbocycles. The minimum atomic E-state index is -3.89. The van der Waals surface area contributed by atoms with E-state index in [1.807, 2.05) is 0 Å². The van der Waals surface area contributed by atoms with E-state index in [0.29, 0.717) is 5.02 Å². The SMILES string of the molecule is COc1cc(NC(=O)c2ccc([N+](=O)[O-])cc2)cc(S(=O)(=O)c2ccc(Cl)cc2)c1. The van der Waals surface area contributed by atoms with Crippen molar-refractivity contribution in [2.75, 3.05) is 12.4 Å². The topological polar surface area (TPSA) is 116 Å². The molecule has 3 rings (SSSR count). The summed E-state index contributed by atoms with van der Waals surface area (Å²) < 4.78 is 31.1. The highest BCUT2D eigenvalue weighted by atomic mass is 35.5. The molecular formula is C20H15ClN2O6S. The van der Waals surface area contributed by atoms with E-state index in [0.717, 1.165) is 0 Å². The second-order valence-electron chi connectivity index (χ2n) is 6.11. The Morgan fingerprint density at radius 1 is 1.00 bits per heavy atom. The average Bonchev–Trinajstić information content (AvgIpc) is 2.73. The van der Waals surface area contributed by atoms with E-state index in [4.69, 9.17) is 16.3 Å². The first-order chi connectivity index (χ1) is 14.2. The third kappa shape index (κ3) is 4.58. The first-order valence-electron chi connectivity index (χ1n) is 8.46. The summed E-state index contributed by atoms with van der Waals surface area (Å²) in [4.78, 5) is 22.6. The predicted molar refractivity (Wildman–Crippen MR) is 111 cm³/mol. The number of benzene rings is 3. The van der Waals surface area contributed by atoms with Gasteiger partial charge in [-0.2, -0.15) is 0 Å². The Bertz CT molecular complexity index is 1210. The van der Waals surface area contributed by atoms with E-state index in [-0.39, 0.29) is 32.5 Å². The molecule has 0 radical (unpaired) electrons. The van der Waals surface area contributed by atoms with Gasteiger partial charge in [-0.1, -0.05) is 11.6 Å². The molecule has 3 aromatic rings. The van der Waals surface area contributed by atoms with Crippen LogP contribution in [0.4, 0.5) is 11.4 Å². The maximum Gasteiger partial charge on any atom is 0.269 e. The molecule has 30 heavy (non-hydrogen) atoms. The number of ether oxygens (including phenoxy) is 1. The van der Waals surface area contributed by atoms with Crippen LogP contribution in [0.25, 0.3) is 0 Å². The molecule has 0 aliphatic heterocycles. The lowest BCUT2D eigenvalue weighted by molar-refractivity contribution is -0.384. The van der Waals surface area contributed by atoms with Gasteiger partial charge in [-0.05, 0) is 48.5 Å². The smallest absolute Gasteiger partial charge is 0.269 e. The van der Waals surface area contributed by atoms with Gasteiger partial charge in [0.2, 0.25) is 9.84 Å². The number of hydrogen-bond donors (Lipinski definition) is 1. The van der Waals surface area contributed by atoms with Gasteiger partial charge in [0.15, 0.2) is 0 Å². The Morgan fingerprint density at radius 2 is 1.63 bits per heavy atom. The van der Waals surface area contributed by atoms with Crippen LogP contribution in [0.1, 0.15) is 10.4 Å². The minimum absolute atomic E-state index is 0.0350. The van der Waals surface area contributed by atoms with Gasteiger partial charge in [0.25, 0.3) is 11.6 Å². The van der Waals surface area contributed by atoms with Crippen LogP contribution < -0.4 is 10.1 Å². The molecule has 0 saturated heterocycles. The molecule has 1 N–H and O–H groups in total. The van der Waals surface area contributed by atoms with Crippen LogP contribution in [0.15, 0.2) is 76.5 Å². The van der Waals surface area contributed by atoms with Gasteiger partial charge in [-0.15, -0.1) is 0 Å². The molecule has 0 aromatic heterocycles. The highest BCUT2D eigenvalue weighted by Crippen LogP contribution is 2.29. The monoisotopic (exact) mass is 446 g/mol. The Morgan fingerprint density at radius 3 is 2.20 bits per heavy atom. The molecule has 10 heteroatoms. The molecule has 1 amide bonds. The fraction of sp³-hybridized carbons (Fsp3) is 0.0500. The quantitative estimate of drug-likeness (QED) is 0.444. The maximum absolute atomic E-state index is 12.9. The van der Waals surface area contributed by atoms with Crippen molar-refractivity contribution in [3.63, 3.8) is 0 Å². The van der Waals surface area contributed by atoms with E-state index < -0.39 is 20.7 Å². The van der Waals surface area contributed by atoms with E-state index in [1.54, 1.807) is 0 Å². The van der Waals surface area contributed by atoms with Crippen LogP contribution >= 0.6 is 11.6 Å². The molecule has 0 bridgehead atoms.